The number of nitrogens with one attached hydrogen (secondary N) is 2. The zero-order valence-electron chi connectivity index (χ0n) is 12.4. The molecule has 0 spiro atoms. The number of nitrogens with zero attached hydrogens (tertiary/aromatic N) is 2. The van der Waals surface area contributed by atoms with Crippen molar-refractivity contribution in [2.24, 2.45) is 0 Å². The number of hydrogen-bond donors (Lipinski definition) is 2. The first-order valence-electron chi connectivity index (χ1n) is 6.81. The summed E-state index contributed by atoms with van der Waals surface area (Å²) in [5.74, 6) is 0.532. The molecule has 0 fully saturated rings. The lowest BCUT2D eigenvalue weighted by atomic mass is 10.3. The van der Waals surface area contributed by atoms with Crippen LogP contribution in [0.15, 0.2) is 40.8 Å². The second-order valence-electron chi connectivity index (χ2n) is 4.92. The molecule has 0 unspecified atom stereocenters. The SMILES string of the molecule is Cc1nc2cc(NC(=O)Nc3ccc([N+](=O)[O-])cc3Cl)ccc2o1. The van der Waals surface area contributed by atoms with E-state index in [1.807, 2.05) is 0 Å². The van der Waals surface area contributed by atoms with Crippen molar-refractivity contribution in [1.29, 1.82) is 0 Å². The molecule has 9 heteroatoms. The Morgan fingerprint density at radius 1 is 1.25 bits per heavy atom. The number of carbonyl (C=O) groups is 1. The van der Waals surface area contributed by atoms with E-state index < -0.39 is 11.0 Å². The number of aromatic nitrogens is 1. The van der Waals surface area contributed by atoms with Crippen LogP contribution in [-0.4, -0.2) is 15.9 Å². The zero-order chi connectivity index (χ0) is 17.3. The third-order valence-electron chi connectivity index (χ3n) is 3.16. The standard InChI is InChI=1S/C15H11ClN4O4/c1-8-17-13-6-9(2-5-14(13)24-8)18-15(21)19-12-4-3-10(20(22)23)7-11(12)16/h2-7H,1H3,(H2,18,19,21). The molecule has 2 amide bonds. The Balaban J connectivity index is 1.73. The van der Waals surface area contributed by atoms with Crippen molar-refractivity contribution in [3.63, 3.8) is 0 Å². The van der Waals surface area contributed by atoms with Gasteiger partial charge in [-0.05, 0) is 24.3 Å². The van der Waals surface area contributed by atoms with Crippen molar-refractivity contribution in [2.75, 3.05) is 10.6 Å². The Morgan fingerprint density at radius 2 is 2.04 bits per heavy atom. The quantitative estimate of drug-likeness (QED) is 0.541. The van der Waals surface area contributed by atoms with Crippen LogP contribution in [-0.2, 0) is 0 Å². The molecule has 2 N–H and O–H groups in total. The minimum absolute atomic E-state index is 0.0712. The highest BCUT2D eigenvalue weighted by atomic mass is 35.5. The van der Waals surface area contributed by atoms with Gasteiger partial charge in [0, 0.05) is 24.7 Å². The molecule has 0 saturated carbocycles. The monoisotopic (exact) mass is 346 g/mol. The Morgan fingerprint density at radius 3 is 2.75 bits per heavy atom. The minimum atomic E-state index is -0.565. The molecule has 24 heavy (non-hydrogen) atoms. The van der Waals surface area contributed by atoms with E-state index in [4.69, 9.17) is 16.0 Å². The van der Waals surface area contributed by atoms with Crippen molar-refractivity contribution in [1.82, 2.24) is 4.98 Å². The third-order valence-corrected chi connectivity index (χ3v) is 3.48. The van der Waals surface area contributed by atoms with Crippen LogP contribution in [0.2, 0.25) is 5.02 Å². The largest absolute Gasteiger partial charge is 0.441 e. The van der Waals surface area contributed by atoms with Gasteiger partial charge in [-0.15, -0.1) is 0 Å². The summed E-state index contributed by atoms with van der Waals surface area (Å²) in [4.78, 5) is 26.3. The molecule has 0 aliphatic carbocycles. The molecule has 3 aromatic rings. The van der Waals surface area contributed by atoms with E-state index in [0.29, 0.717) is 22.7 Å². The molecule has 0 aliphatic rings. The van der Waals surface area contributed by atoms with E-state index in [1.165, 1.54) is 18.2 Å². The number of fused-ring (bicyclic) bond motifs is 1. The van der Waals surface area contributed by atoms with Gasteiger partial charge in [0.1, 0.15) is 5.52 Å². The molecule has 3 rings (SSSR count). The highest BCUT2D eigenvalue weighted by molar-refractivity contribution is 6.34. The van der Waals surface area contributed by atoms with Crippen LogP contribution in [0.4, 0.5) is 21.9 Å². The van der Waals surface area contributed by atoms with Gasteiger partial charge >= 0.3 is 6.03 Å². The van der Waals surface area contributed by atoms with Crippen molar-refractivity contribution in [3.8, 4) is 0 Å². The number of oxazole rings is 1. The fraction of sp³-hybridized carbons (Fsp3) is 0.0667. The van der Waals surface area contributed by atoms with Crippen molar-refractivity contribution in [3.05, 3.63) is 57.4 Å². The number of non-ortho nitro benzene ring substituents is 1. The van der Waals surface area contributed by atoms with Gasteiger partial charge in [-0.1, -0.05) is 11.6 Å². The normalized spacial score (nSPS) is 10.6. The second-order valence-corrected chi connectivity index (χ2v) is 5.32. The number of nitro benzene ring substituents is 1. The number of aryl methyl sites for hydroxylation is 1. The first-order chi connectivity index (χ1) is 11.4. The fourth-order valence-electron chi connectivity index (χ4n) is 2.12. The van der Waals surface area contributed by atoms with Crippen LogP contribution in [0.25, 0.3) is 11.1 Å². The summed E-state index contributed by atoms with van der Waals surface area (Å²) in [7, 11) is 0. The third kappa shape index (κ3) is 3.28. The molecule has 1 heterocycles. The fourth-order valence-corrected chi connectivity index (χ4v) is 2.35. The Bertz CT molecular complexity index is 954. The van der Waals surface area contributed by atoms with E-state index in [9.17, 15) is 14.9 Å². The molecule has 0 atom stereocenters. The highest BCUT2D eigenvalue weighted by Gasteiger charge is 2.12. The first-order valence-corrected chi connectivity index (χ1v) is 7.19. The van der Waals surface area contributed by atoms with Gasteiger partial charge in [-0.3, -0.25) is 10.1 Å². The van der Waals surface area contributed by atoms with Crippen molar-refractivity contribution >= 4 is 45.8 Å². The molecule has 2 aromatic carbocycles. The van der Waals surface area contributed by atoms with E-state index in [2.05, 4.69) is 15.6 Å². The number of halogens is 1. The second kappa shape index (κ2) is 6.17. The van der Waals surface area contributed by atoms with Crippen LogP contribution >= 0.6 is 11.6 Å². The van der Waals surface area contributed by atoms with E-state index in [1.54, 1.807) is 25.1 Å². The number of carbonyl (C=O) groups excluding carboxylic acids is 1. The van der Waals surface area contributed by atoms with Crippen LogP contribution < -0.4 is 10.6 Å². The number of hydrogen-bond acceptors (Lipinski definition) is 5. The molecule has 122 valence electrons. The summed E-state index contributed by atoms with van der Waals surface area (Å²) in [6.07, 6.45) is 0. The molecule has 0 bridgehead atoms. The van der Waals surface area contributed by atoms with Gasteiger partial charge in [-0.2, -0.15) is 0 Å². The van der Waals surface area contributed by atoms with E-state index in [-0.39, 0.29) is 16.4 Å². The number of benzene rings is 2. The molecular weight excluding hydrogens is 336 g/mol. The van der Waals surface area contributed by atoms with E-state index in [0.717, 1.165) is 0 Å². The van der Waals surface area contributed by atoms with E-state index >= 15 is 0 Å². The Kier molecular flexibility index (Phi) is 4.05. The maximum absolute atomic E-state index is 12.0. The maximum Gasteiger partial charge on any atom is 0.323 e. The predicted molar refractivity (Wildman–Crippen MR) is 89.5 cm³/mol. The first kappa shape index (κ1) is 15.8. The predicted octanol–water partition coefficient (Wildman–Crippen LogP) is 4.34. The van der Waals surface area contributed by atoms with Gasteiger partial charge in [0.05, 0.1) is 15.6 Å². The average Bonchev–Trinajstić information content (AvgIpc) is 2.88. The summed E-state index contributed by atoms with van der Waals surface area (Å²) in [5, 5.41) is 15.9. The van der Waals surface area contributed by atoms with Crippen LogP contribution in [0, 0.1) is 17.0 Å². The Hall–Kier alpha value is -3.13. The number of rotatable bonds is 3. The summed E-state index contributed by atoms with van der Waals surface area (Å²) < 4.78 is 5.36. The average molecular weight is 347 g/mol. The summed E-state index contributed by atoms with van der Waals surface area (Å²) in [6.45, 7) is 1.73. The number of nitro groups is 1. The van der Waals surface area contributed by atoms with Crippen molar-refractivity contribution in [2.45, 2.75) is 6.92 Å². The molecule has 0 radical (unpaired) electrons. The smallest absolute Gasteiger partial charge is 0.323 e. The summed E-state index contributed by atoms with van der Waals surface area (Å²) in [6, 6.07) is 8.29. The van der Waals surface area contributed by atoms with Crippen LogP contribution in [0.5, 0.6) is 0 Å². The number of anilines is 2. The number of amides is 2. The molecule has 0 saturated heterocycles. The van der Waals surface area contributed by atoms with Gasteiger partial charge < -0.3 is 15.1 Å². The highest BCUT2D eigenvalue weighted by Crippen LogP contribution is 2.27. The maximum atomic E-state index is 12.0. The van der Waals surface area contributed by atoms with Crippen LogP contribution in [0.1, 0.15) is 5.89 Å². The molecular formula is C15H11ClN4O4. The van der Waals surface area contributed by atoms with Crippen molar-refractivity contribution < 1.29 is 14.1 Å². The van der Waals surface area contributed by atoms with Gasteiger partial charge in [0.25, 0.3) is 5.69 Å². The molecule has 1 aromatic heterocycles. The Labute approximate surface area is 140 Å². The summed E-state index contributed by atoms with van der Waals surface area (Å²) >= 11 is 5.93. The zero-order valence-corrected chi connectivity index (χ0v) is 13.1. The van der Waals surface area contributed by atoms with Gasteiger partial charge in [0.2, 0.25) is 0 Å². The topological polar surface area (TPSA) is 110 Å². The van der Waals surface area contributed by atoms with Gasteiger partial charge in [0.15, 0.2) is 11.5 Å². The summed E-state index contributed by atoms with van der Waals surface area (Å²) in [5.41, 5.74) is 1.87. The lowest BCUT2D eigenvalue weighted by molar-refractivity contribution is -0.384. The molecule has 8 nitrogen and oxygen atoms in total. The minimum Gasteiger partial charge on any atom is -0.441 e. The lowest BCUT2D eigenvalue weighted by Crippen LogP contribution is -2.19. The number of urea groups is 1. The van der Waals surface area contributed by atoms with Gasteiger partial charge in [-0.25, -0.2) is 9.78 Å². The lowest BCUT2D eigenvalue weighted by Gasteiger charge is -2.08. The molecule has 0 aliphatic heterocycles. The van der Waals surface area contributed by atoms with Crippen LogP contribution in [0.3, 0.4) is 0 Å².